The molecule has 5 heteroatoms. The lowest BCUT2D eigenvalue weighted by Crippen LogP contribution is -2.49. The van der Waals surface area contributed by atoms with Crippen molar-refractivity contribution in [2.45, 2.75) is 64.1 Å². The fraction of sp³-hybridized carbons (Fsp3) is 0.611. The first kappa shape index (κ1) is 20.2. The van der Waals surface area contributed by atoms with Gasteiger partial charge in [0.25, 0.3) is 0 Å². The summed E-state index contributed by atoms with van der Waals surface area (Å²) in [6.07, 6.45) is 4.49. The Morgan fingerprint density at radius 3 is 2.39 bits per heavy atom. The molecule has 0 amide bonds. The number of hydrogen-bond donors (Lipinski definition) is 3. The number of guanidine groups is 1. The van der Waals surface area contributed by atoms with Gasteiger partial charge in [0.05, 0.1) is 6.54 Å². The number of hydrogen-bond acceptors (Lipinski definition) is 2. The van der Waals surface area contributed by atoms with Crippen LogP contribution in [-0.2, 0) is 0 Å². The van der Waals surface area contributed by atoms with Gasteiger partial charge in [-0.1, -0.05) is 44.2 Å². The Bertz CT molecular complexity index is 481. The normalized spacial score (nSPS) is 16.6. The monoisotopic (exact) mass is 430 g/mol. The lowest BCUT2D eigenvalue weighted by atomic mass is 9.91. The average molecular weight is 430 g/mol. The van der Waals surface area contributed by atoms with E-state index in [1.54, 1.807) is 0 Å². The first-order chi connectivity index (χ1) is 10.6. The van der Waals surface area contributed by atoms with E-state index >= 15 is 0 Å². The number of nitrogens with one attached hydrogen (secondary N) is 2. The number of rotatable bonds is 8. The van der Waals surface area contributed by atoms with Crippen LogP contribution in [0.15, 0.2) is 35.3 Å². The maximum absolute atomic E-state index is 5.98. The van der Waals surface area contributed by atoms with Gasteiger partial charge < -0.3 is 16.4 Å². The van der Waals surface area contributed by atoms with Crippen molar-refractivity contribution in [3.05, 3.63) is 35.9 Å². The van der Waals surface area contributed by atoms with Crippen molar-refractivity contribution < 1.29 is 0 Å². The van der Waals surface area contributed by atoms with Gasteiger partial charge in [0, 0.05) is 17.6 Å². The topological polar surface area (TPSA) is 62.4 Å². The second-order valence-corrected chi connectivity index (χ2v) is 6.38. The average Bonchev–Trinajstić information content (AvgIpc) is 3.36. The van der Waals surface area contributed by atoms with E-state index in [2.05, 4.69) is 66.7 Å². The van der Waals surface area contributed by atoms with Gasteiger partial charge in [0.15, 0.2) is 5.96 Å². The Kier molecular flexibility index (Phi) is 8.33. The summed E-state index contributed by atoms with van der Waals surface area (Å²) in [5, 5.41) is 7.04. The fourth-order valence-corrected chi connectivity index (χ4v) is 2.73. The van der Waals surface area contributed by atoms with E-state index in [0.717, 1.165) is 12.8 Å². The highest BCUT2D eigenvalue weighted by Crippen LogP contribution is 2.23. The van der Waals surface area contributed by atoms with Crippen LogP contribution in [0.1, 0.15) is 58.1 Å². The molecule has 0 aliphatic heterocycles. The molecule has 1 aliphatic carbocycles. The third-order valence-electron chi connectivity index (χ3n) is 4.66. The molecule has 0 saturated heterocycles. The van der Waals surface area contributed by atoms with Crippen molar-refractivity contribution in [1.82, 2.24) is 10.6 Å². The molecule has 0 radical (unpaired) electrons. The van der Waals surface area contributed by atoms with Gasteiger partial charge in [0.2, 0.25) is 0 Å². The number of aliphatic imine (C=N–C) groups is 1. The summed E-state index contributed by atoms with van der Waals surface area (Å²) >= 11 is 0. The molecule has 0 aromatic heterocycles. The molecule has 2 rings (SSSR count). The standard InChI is InChI=1S/C18H30N4.HI/c1-4-18(5-2,13-20-17(19)21-16-11-12-16)22-14(3)15-9-7-6-8-10-15;/h6-10,14,16,22H,4-5,11-13H2,1-3H3,(H3,19,20,21);1H. The van der Waals surface area contributed by atoms with Gasteiger partial charge in [-0.05, 0) is 38.2 Å². The van der Waals surface area contributed by atoms with Crippen molar-refractivity contribution in [1.29, 1.82) is 0 Å². The molecule has 1 atom stereocenters. The van der Waals surface area contributed by atoms with Gasteiger partial charge in [-0.3, -0.25) is 4.99 Å². The maximum atomic E-state index is 5.98. The zero-order valence-electron chi connectivity index (χ0n) is 14.5. The van der Waals surface area contributed by atoms with Crippen molar-refractivity contribution in [3.8, 4) is 0 Å². The van der Waals surface area contributed by atoms with Crippen LogP contribution >= 0.6 is 24.0 Å². The Labute approximate surface area is 157 Å². The molecule has 4 N–H and O–H groups in total. The highest BCUT2D eigenvalue weighted by molar-refractivity contribution is 14.0. The minimum atomic E-state index is -0.00882. The number of halogens is 1. The number of nitrogens with two attached hydrogens (primary N) is 1. The van der Waals surface area contributed by atoms with Gasteiger partial charge in [0.1, 0.15) is 0 Å². The van der Waals surface area contributed by atoms with E-state index in [-0.39, 0.29) is 29.5 Å². The van der Waals surface area contributed by atoms with Crippen molar-refractivity contribution in [3.63, 3.8) is 0 Å². The van der Waals surface area contributed by atoms with Crippen LogP contribution < -0.4 is 16.4 Å². The van der Waals surface area contributed by atoms with Crippen LogP contribution in [0.25, 0.3) is 0 Å². The van der Waals surface area contributed by atoms with Gasteiger partial charge in [-0.25, -0.2) is 0 Å². The molecule has 0 spiro atoms. The van der Waals surface area contributed by atoms with Crippen LogP contribution in [0.4, 0.5) is 0 Å². The zero-order chi connectivity index (χ0) is 16.0. The molecule has 1 aliphatic rings. The molecular weight excluding hydrogens is 399 g/mol. The first-order valence-corrected chi connectivity index (χ1v) is 8.47. The molecule has 0 bridgehead atoms. The third-order valence-corrected chi connectivity index (χ3v) is 4.66. The Morgan fingerprint density at radius 1 is 1.26 bits per heavy atom. The second-order valence-electron chi connectivity index (χ2n) is 6.38. The zero-order valence-corrected chi connectivity index (χ0v) is 16.8. The molecule has 0 heterocycles. The molecule has 4 nitrogen and oxygen atoms in total. The van der Waals surface area contributed by atoms with Crippen LogP contribution in [0, 0.1) is 0 Å². The minimum absolute atomic E-state index is 0. The van der Waals surface area contributed by atoms with Crippen molar-refractivity contribution in [2.75, 3.05) is 6.54 Å². The molecule has 1 aromatic rings. The summed E-state index contributed by atoms with van der Waals surface area (Å²) in [6.45, 7) is 7.36. The largest absolute Gasteiger partial charge is 0.370 e. The van der Waals surface area contributed by atoms with Crippen LogP contribution in [0.3, 0.4) is 0 Å². The molecule has 1 aromatic carbocycles. The predicted octanol–water partition coefficient (Wildman–Crippen LogP) is 3.58. The van der Waals surface area contributed by atoms with E-state index in [1.165, 1.54) is 18.4 Å². The second kappa shape index (κ2) is 9.47. The van der Waals surface area contributed by atoms with E-state index < -0.39 is 0 Å². The Hall–Kier alpha value is -0.820. The predicted molar refractivity (Wildman–Crippen MR) is 109 cm³/mol. The number of benzene rings is 1. The van der Waals surface area contributed by atoms with E-state index in [9.17, 15) is 0 Å². The summed E-state index contributed by atoms with van der Waals surface area (Å²) in [5.74, 6) is 0.586. The summed E-state index contributed by atoms with van der Waals surface area (Å²) in [5.41, 5.74) is 7.28. The van der Waals surface area contributed by atoms with E-state index in [1.807, 2.05) is 0 Å². The molecule has 1 saturated carbocycles. The minimum Gasteiger partial charge on any atom is -0.370 e. The molecule has 130 valence electrons. The molecular formula is C18H31IN4. The SMILES string of the molecule is CCC(CC)(CN=C(N)NC1CC1)NC(C)c1ccccc1.I. The highest BCUT2D eigenvalue weighted by Gasteiger charge is 2.28. The third kappa shape index (κ3) is 6.30. The Balaban J connectivity index is 0.00000264. The highest BCUT2D eigenvalue weighted by atomic mass is 127. The van der Waals surface area contributed by atoms with Crippen molar-refractivity contribution >= 4 is 29.9 Å². The lowest BCUT2D eigenvalue weighted by molar-refractivity contribution is 0.281. The molecule has 23 heavy (non-hydrogen) atoms. The van der Waals surface area contributed by atoms with Crippen LogP contribution in [0.2, 0.25) is 0 Å². The van der Waals surface area contributed by atoms with Crippen LogP contribution in [-0.4, -0.2) is 24.1 Å². The smallest absolute Gasteiger partial charge is 0.188 e. The lowest BCUT2D eigenvalue weighted by Gasteiger charge is -2.35. The van der Waals surface area contributed by atoms with Gasteiger partial charge >= 0.3 is 0 Å². The maximum Gasteiger partial charge on any atom is 0.188 e. The fourth-order valence-electron chi connectivity index (χ4n) is 2.73. The number of nitrogens with zero attached hydrogens (tertiary/aromatic N) is 1. The van der Waals surface area contributed by atoms with Crippen LogP contribution in [0.5, 0.6) is 0 Å². The summed E-state index contributed by atoms with van der Waals surface area (Å²) in [7, 11) is 0. The van der Waals surface area contributed by atoms with E-state index in [4.69, 9.17) is 5.73 Å². The van der Waals surface area contributed by atoms with Gasteiger partial charge in [-0.15, -0.1) is 24.0 Å². The quantitative estimate of drug-likeness (QED) is 0.336. The summed E-state index contributed by atoms with van der Waals surface area (Å²) < 4.78 is 0. The van der Waals surface area contributed by atoms with E-state index in [0.29, 0.717) is 24.6 Å². The molecule has 1 unspecified atom stereocenters. The van der Waals surface area contributed by atoms with Crippen molar-refractivity contribution in [2.24, 2.45) is 10.7 Å². The summed E-state index contributed by atoms with van der Waals surface area (Å²) in [4.78, 5) is 4.59. The Morgan fingerprint density at radius 2 is 1.87 bits per heavy atom. The first-order valence-electron chi connectivity index (χ1n) is 8.47. The molecule has 1 fully saturated rings. The summed E-state index contributed by atoms with van der Waals surface area (Å²) in [6, 6.07) is 11.4. The van der Waals surface area contributed by atoms with Gasteiger partial charge in [-0.2, -0.15) is 0 Å².